The number of rotatable bonds is 7. The first kappa shape index (κ1) is 26.0. The van der Waals surface area contributed by atoms with Crippen molar-refractivity contribution in [1.29, 1.82) is 5.26 Å². The van der Waals surface area contributed by atoms with Crippen LogP contribution in [-0.4, -0.2) is 35.6 Å². The largest absolute Gasteiger partial charge is 0.488 e. The SMILES string of the molecule is CCN1C(=O)C(=Cc2cc(Cl)ccc2OCc2ccc(C#N)cc2)SC1=Nc1cccc(C(=O)OC)c1. The van der Waals surface area contributed by atoms with Crippen molar-refractivity contribution >= 4 is 52.2 Å². The Balaban J connectivity index is 1.60. The number of hydrogen-bond acceptors (Lipinski definition) is 7. The van der Waals surface area contributed by atoms with Crippen LogP contribution in [0.25, 0.3) is 6.08 Å². The maximum absolute atomic E-state index is 13.2. The van der Waals surface area contributed by atoms with Crippen molar-refractivity contribution in [3.05, 3.63) is 98.9 Å². The van der Waals surface area contributed by atoms with Gasteiger partial charge in [-0.2, -0.15) is 5.26 Å². The van der Waals surface area contributed by atoms with Gasteiger partial charge in [0, 0.05) is 17.1 Å². The number of nitrogens with zero attached hydrogens (tertiary/aromatic N) is 3. The van der Waals surface area contributed by atoms with Crippen molar-refractivity contribution in [2.75, 3.05) is 13.7 Å². The number of esters is 1. The average Bonchev–Trinajstić information content (AvgIpc) is 3.21. The number of carbonyl (C=O) groups excluding carboxylic acids is 2. The Morgan fingerprint density at radius 2 is 1.95 bits per heavy atom. The number of hydrogen-bond donors (Lipinski definition) is 0. The van der Waals surface area contributed by atoms with Crippen LogP contribution in [0.4, 0.5) is 5.69 Å². The van der Waals surface area contributed by atoms with Crippen molar-refractivity contribution in [1.82, 2.24) is 4.90 Å². The minimum absolute atomic E-state index is 0.187. The molecule has 0 spiro atoms. The number of methoxy groups -OCH3 is 1. The number of carbonyl (C=O) groups is 2. The summed E-state index contributed by atoms with van der Waals surface area (Å²) in [5, 5.41) is 9.99. The molecule has 0 aliphatic carbocycles. The molecule has 0 radical (unpaired) electrons. The van der Waals surface area contributed by atoms with Gasteiger partial charge in [0.2, 0.25) is 0 Å². The fourth-order valence-electron chi connectivity index (χ4n) is 3.54. The fraction of sp³-hybridized carbons (Fsp3) is 0.143. The summed E-state index contributed by atoms with van der Waals surface area (Å²) in [7, 11) is 1.32. The molecule has 0 bridgehead atoms. The number of ether oxygens (including phenoxy) is 2. The maximum atomic E-state index is 13.2. The number of halogens is 1. The van der Waals surface area contributed by atoms with Crippen LogP contribution in [0, 0.1) is 11.3 Å². The van der Waals surface area contributed by atoms with E-state index in [2.05, 4.69) is 11.1 Å². The lowest BCUT2D eigenvalue weighted by molar-refractivity contribution is -0.122. The van der Waals surface area contributed by atoms with Gasteiger partial charge in [0.15, 0.2) is 5.17 Å². The van der Waals surface area contributed by atoms with E-state index in [1.54, 1.807) is 65.6 Å². The van der Waals surface area contributed by atoms with Crippen LogP contribution < -0.4 is 4.74 Å². The molecule has 0 unspecified atom stereocenters. The molecule has 9 heteroatoms. The van der Waals surface area contributed by atoms with Gasteiger partial charge < -0.3 is 9.47 Å². The number of thioether (sulfide) groups is 1. The molecule has 4 rings (SSSR count). The molecule has 0 atom stereocenters. The first-order chi connectivity index (χ1) is 17.9. The molecule has 1 aliphatic rings. The van der Waals surface area contributed by atoms with E-state index in [0.29, 0.717) is 49.8 Å². The number of likely N-dealkylation sites (N-methyl/N-ethyl adjacent to an activating group) is 1. The normalized spacial score (nSPS) is 15.2. The second-order valence-electron chi connectivity index (χ2n) is 7.88. The Hall–Kier alpha value is -4.06. The molecule has 3 aromatic rings. The molecular formula is C28H22ClN3O4S. The van der Waals surface area contributed by atoms with Crippen molar-refractivity contribution in [3.63, 3.8) is 0 Å². The van der Waals surface area contributed by atoms with E-state index in [4.69, 9.17) is 26.3 Å². The zero-order valence-electron chi connectivity index (χ0n) is 20.1. The second-order valence-corrected chi connectivity index (χ2v) is 9.32. The summed E-state index contributed by atoms with van der Waals surface area (Å²) in [6.07, 6.45) is 1.74. The highest BCUT2D eigenvalue weighted by atomic mass is 35.5. The van der Waals surface area contributed by atoms with E-state index < -0.39 is 5.97 Å². The molecule has 186 valence electrons. The summed E-state index contributed by atoms with van der Waals surface area (Å²) in [6.45, 7) is 2.58. The Bertz CT molecular complexity index is 1440. The highest BCUT2D eigenvalue weighted by Crippen LogP contribution is 2.36. The third kappa shape index (κ3) is 6.20. The predicted molar refractivity (Wildman–Crippen MR) is 145 cm³/mol. The molecule has 7 nitrogen and oxygen atoms in total. The van der Waals surface area contributed by atoms with Gasteiger partial charge in [0.25, 0.3) is 5.91 Å². The van der Waals surface area contributed by atoms with Crippen LogP contribution >= 0.6 is 23.4 Å². The van der Waals surface area contributed by atoms with Gasteiger partial charge in [-0.25, -0.2) is 9.79 Å². The molecule has 1 aliphatic heterocycles. The quantitative estimate of drug-likeness (QED) is 0.266. The molecule has 1 heterocycles. The van der Waals surface area contributed by atoms with Gasteiger partial charge in [-0.05, 0) is 78.9 Å². The monoisotopic (exact) mass is 531 g/mol. The Morgan fingerprint density at radius 1 is 1.16 bits per heavy atom. The summed E-state index contributed by atoms with van der Waals surface area (Å²) >= 11 is 7.49. The van der Waals surface area contributed by atoms with E-state index in [0.717, 1.165) is 5.56 Å². The molecule has 0 saturated carbocycles. The molecule has 37 heavy (non-hydrogen) atoms. The topological polar surface area (TPSA) is 92.0 Å². The minimum atomic E-state index is -0.459. The van der Waals surface area contributed by atoms with E-state index in [1.807, 2.05) is 19.1 Å². The Kier molecular flexibility index (Phi) is 8.29. The number of amides is 1. The van der Waals surface area contributed by atoms with Crippen molar-refractivity contribution in [2.45, 2.75) is 13.5 Å². The molecule has 1 saturated heterocycles. The lowest BCUT2D eigenvalue weighted by Crippen LogP contribution is -2.28. The zero-order valence-corrected chi connectivity index (χ0v) is 21.7. The smallest absolute Gasteiger partial charge is 0.337 e. The molecule has 1 amide bonds. The van der Waals surface area contributed by atoms with E-state index >= 15 is 0 Å². The second kappa shape index (κ2) is 11.8. The standard InChI is InChI=1S/C28H22ClN3O4S/c1-3-32-26(33)25(37-28(32)31-23-6-4-5-20(14-23)27(34)35-2)15-21-13-22(29)11-12-24(21)36-17-19-9-7-18(16-30)8-10-19/h4-15H,3,17H2,1-2H3. The summed E-state index contributed by atoms with van der Waals surface area (Å²) in [5.74, 6) is -0.0816. The summed E-state index contributed by atoms with van der Waals surface area (Å²) in [4.78, 5) is 31.7. The van der Waals surface area contributed by atoms with Crippen LogP contribution in [-0.2, 0) is 16.1 Å². The van der Waals surface area contributed by atoms with Crippen LogP contribution in [0.2, 0.25) is 5.02 Å². The number of aliphatic imine (C=N–C) groups is 1. The van der Waals surface area contributed by atoms with Gasteiger partial charge in [-0.15, -0.1) is 0 Å². The van der Waals surface area contributed by atoms with Crippen LogP contribution in [0.15, 0.2) is 76.6 Å². The molecule has 0 N–H and O–H groups in total. The van der Waals surface area contributed by atoms with Gasteiger partial charge >= 0.3 is 5.97 Å². The van der Waals surface area contributed by atoms with Crippen molar-refractivity contribution in [2.24, 2.45) is 4.99 Å². The number of benzene rings is 3. The summed E-state index contributed by atoms with van der Waals surface area (Å²) in [6, 6.07) is 21.2. The maximum Gasteiger partial charge on any atom is 0.337 e. The molecule has 3 aromatic carbocycles. The van der Waals surface area contributed by atoms with Crippen molar-refractivity contribution in [3.8, 4) is 11.8 Å². The predicted octanol–water partition coefficient (Wildman–Crippen LogP) is 6.20. The zero-order chi connectivity index (χ0) is 26.4. The first-order valence-corrected chi connectivity index (χ1v) is 12.5. The van der Waals surface area contributed by atoms with Crippen LogP contribution in [0.1, 0.15) is 34.0 Å². The number of nitriles is 1. The van der Waals surface area contributed by atoms with Gasteiger partial charge in [0.1, 0.15) is 12.4 Å². The van der Waals surface area contributed by atoms with E-state index in [-0.39, 0.29) is 12.5 Å². The minimum Gasteiger partial charge on any atom is -0.488 e. The highest BCUT2D eigenvalue weighted by molar-refractivity contribution is 8.18. The summed E-state index contributed by atoms with van der Waals surface area (Å²) in [5.41, 5.74) is 3.04. The van der Waals surface area contributed by atoms with Gasteiger partial charge in [0.05, 0.1) is 34.9 Å². The van der Waals surface area contributed by atoms with Gasteiger partial charge in [-0.1, -0.05) is 29.8 Å². The van der Waals surface area contributed by atoms with E-state index in [1.165, 1.54) is 18.9 Å². The molecular weight excluding hydrogens is 510 g/mol. The lowest BCUT2D eigenvalue weighted by Gasteiger charge is -2.12. The van der Waals surface area contributed by atoms with E-state index in [9.17, 15) is 9.59 Å². The Morgan fingerprint density at radius 3 is 2.65 bits per heavy atom. The average molecular weight is 532 g/mol. The lowest BCUT2D eigenvalue weighted by atomic mass is 10.1. The highest BCUT2D eigenvalue weighted by Gasteiger charge is 2.32. The fourth-order valence-corrected chi connectivity index (χ4v) is 4.78. The van der Waals surface area contributed by atoms with Gasteiger partial charge in [-0.3, -0.25) is 9.69 Å². The van der Waals surface area contributed by atoms with Crippen LogP contribution in [0.5, 0.6) is 5.75 Å². The van der Waals surface area contributed by atoms with Crippen LogP contribution in [0.3, 0.4) is 0 Å². The molecule has 1 fully saturated rings. The summed E-state index contributed by atoms with van der Waals surface area (Å²) < 4.78 is 10.8. The first-order valence-electron chi connectivity index (χ1n) is 11.3. The third-order valence-corrected chi connectivity index (χ3v) is 6.67. The Labute approximate surface area is 224 Å². The van der Waals surface area contributed by atoms with Crippen molar-refractivity contribution < 1.29 is 19.1 Å². The third-order valence-electron chi connectivity index (χ3n) is 5.43. The molecule has 0 aromatic heterocycles. The number of amidine groups is 1.